The van der Waals surface area contributed by atoms with Crippen LogP contribution in [-0.4, -0.2) is 0 Å². The Balaban J connectivity index is 1.60. The highest BCUT2D eigenvalue weighted by molar-refractivity contribution is 5.89. The minimum Gasteiger partial charge on any atom is -0.206 e. The lowest BCUT2D eigenvalue weighted by Gasteiger charge is -2.28. The molecule has 1 fully saturated rings. The summed E-state index contributed by atoms with van der Waals surface area (Å²) in [5, 5.41) is 0.102. The quantitative estimate of drug-likeness (QED) is 0.324. The molecule has 1 aliphatic carbocycles. The van der Waals surface area contributed by atoms with Crippen molar-refractivity contribution >= 4 is 10.8 Å². The fourth-order valence-electron chi connectivity index (χ4n) is 5.23. The van der Waals surface area contributed by atoms with Crippen LogP contribution in [0.4, 0.5) is 13.2 Å². The largest absolute Gasteiger partial charge is 0.206 e. The Hall–Kier alpha value is -2.55. The van der Waals surface area contributed by atoms with E-state index in [0.29, 0.717) is 35.3 Å². The van der Waals surface area contributed by atoms with E-state index in [1.54, 1.807) is 24.3 Å². The molecule has 0 unspecified atom stereocenters. The van der Waals surface area contributed by atoms with Crippen molar-refractivity contribution in [2.45, 2.75) is 64.2 Å². The number of benzene rings is 3. The Morgan fingerprint density at radius 2 is 1.62 bits per heavy atom. The van der Waals surface area contributed by atoms with Crippen LogP contribution in [0.2, 0.25) is 0 Å². The van der Waals surface area contributed by atoms with Crippen molar-refractivity contribution < 1.29 is 13.2 Å². The number of halogens is 3. The molecule has 0 nitrogen and oxygen atoms in total. The van der Waals surface area contributed by atoms with Gasteiger partial charge in [-0.1, -0.05) is 62.2 Å². The van der Waals surface area contributed by atoms with Crippen LogP contribution in [0, 0.1) is 23.4 Å². The summed E-state index contributed by atoms with van der Waals surface area (Å²) in [6.07, 6.45) is 10.1. The van der Waals surface area contributed by atoms with Gasteiger partial charge in [-0.2, -0.15) is 0 Å². The minimum atomic E-state index is -1.11. The fraction of sp³-hybridized carbons (Fsp3) is 0.379. The third-order valence-electron chi connectivity index (χ3n) is 7.05. The first-order valence-electron chi connectivity index (χ1n) is 11.8. The first-order valence-corrected chi connectivity index (χ1v) is 11.8. The SMILES string of the molecule is C=CCCc1cc2ccc(-c3ccc(C4CCC(CCC)CC4)cc3)c(F)c2c(F)c1F. The maximum Gasteiger partial charge on any atom is 0.169 e. The zero-order valence-corrected chi connectivity index (χ0v) is 18.8. The molecule has 0 heterocycles. The number of rotatable bonds is 7. The van der Waals surface area contributed by atoms with Crippen molar-refractivity contribution in [3.8, 4) is 11.1 Å². The third-order valence-corrected chi connectivity index (χ3v) is 7.05. The molecule has 0 saturated heterocycles. The summed E-state index contributed by atoms with van der Waals surface area (Å²) in [6.45, 7) is 5.87. The summed E-state index contributed by atoms with van der Waals surface area (Å²) in [5.41, 5.74) is 2.52. The van der Waals surface area contributed by atoms with Crippen molar-refractivity contribution in [1.29, 1.82) is 0 Å². The van der Waals surface area contributed by atoms with Gasteiger partial charge >= 0.3 is 0 Å². The second-order valence-corrected chi connectivity index (χ2v) is 9.14. The molecule has 0 aliphatic heterocycles. The van der Waals surface area contributed by atoms with Gasteiger partial charge in [-0.25, -0.2) is 13.2 Å². The molecule has 0 atom stereocenters. The van der Waals surface area contributed by atoms with E-state index in [2.05, 4.69) is 25.6 Å². The fourth-order valence-corrected chi connectivity index (χ4v) is 5.23. The van der Waals surface area contributed by atoms with Crippen LogP contribution in [0.5, 0.6) is 0 Å². The lowest BCUT2D eigenvalue weighted by atomic mass is 9.77. The topological polar surface area (TPSA) is 0 Å². The summed E-state index contributed by atoms with van der Waals surface area (Å²) in [7, 11) is 0. The molecule has 4 rings (SSSR count). The second kappa shape index (κ2) is 9.94. The van der Waals surface area contributed by atoms with Crippen LogP contribution in [0.15, 0.2) is 55.1 Å². The van der Waals surface area contributed by atoms with Gasteiger partial charge in [0.25, 0.3) is 0 Å². The normalized spacial score (nSPS) is 18.8. The van der Waals surface area contributed by atoms with Crippen LogP contribution < -0.4 is 0 Å². The summed E-state index contributed by atoms with van der Waals surface area (Å²) in [4.78, 5) is 0. The minimum absolute atomic E-state index is 0.250. The third kappa shape index (κ3) is 4.48. The highest BCUT2D eigenvalue weighted by Gasteiger charge is 2.22. The average Bonchev–Trinajstić information content (AvgIpc) is 2.81. The second-order valence-electron chi connectivity index (χ2n) is 9.14. The first kappa shape index (κ1) is 22.6. The zero-order chi connectivity index (χ0) is 22.7. The molecule has 3 heteroatoms. The van der Waals surface area contributed by atoms with E-state index in [9.17, 15) is 8.78 Å². The molecule has 1 saturated carbocycles. The van der Waals surface area contributed by atoms with Crippen LogP contribution in [0.3, 0.4) is 0 Å². The van der Waals surface area contributed by atoms with Crippen LogP contribution >= 0.6 is 0 Å². The molecule has 0 spiro atoms. The van der Waals surface area contributed by atoms with Crippen molar-refractivity contribution in [3.63, 3.8) is 0 Å². The lowest BCUT2D eigenvalue weighted by molar-refractivity contribution is 0.308. The van der Waals surface area contributed by atoms with Crippen LogP contribution in [0.1, 0.15) is 68.9 Å². The molecule has 0 N–H and O–H groups in total. The molecule has 0 radical (unpaired) electrons. The predicted octanol–water partition coefficient (Wildman–Crippen LogP) is 9.12. The van der Waals surface area contributed by atoms with E-state index in [0.717, 1.165) is 5.92 Å². The molecule has 1 aliphatic rings. The first-order chi connectivity index (χ1) is 15.5. The molecule has 0 amide bonds. The van der Waals surface area contributed by atoms with E-state index in [1.165, 1.54) is 44.1 Å². The van der Waals surface area contributed by atoms with E-state index in [1.807, 2.05) is 12.1 Å². The molecular formula is C29H31F3. The molecule has 3 aromatic rings. The highest BCUT2D eigenvalue weighted by Crippen LogP contribution is 2.39. The van der Waals surface area contributed by atoms with E-state index < -0.39 is 17.5 Å². The number of hydrogen-bond donors (Lipinski definition) is 0. The van der Waals surface area contributed by atoms with Gasteiger partial charge in [-0.05, 0) is 78.5 Å². The van der Waals surface area contributed by atoms with Crippen LogP contribution in [0.25, 0.3) is 21.9 Å². The predicted molar refractivity (Wildman–Crippen MR) is 127 cm³/mol. The zero-order valence-electron chi connectivity index (χ0n) is 18.8. The lowest BCUT2D eigenvalue weighted by Crippen LogP contribution is -2.13. The monoisotopic (exact) mass is 436 g/mol. The Morgan fingerprint density at radius 1 is 0.906 bits per heavy atom. The van der Waals surface area contributed by atoms with Crippen molar-refractivity contribution in [2.24, 2.45) is 5.92 Å². The van der Waals surface area contributed by atoms with Gasteiger partial charge < -0.3 is 0 Å². The summed E-state index contributed by atoms with van der Waals surface area (Å²) >= 11 is 0. The molecule has 0 bridgehead atoms. The summed E-state index contributed by atoms with van der Waals surface area (Å²) < 4.78 is 44.7. The Bertz CT molecular complexity index is 1090. The average molecular weight is 437 g/mol. The van der Waals surface area contributed by atoms with Crippen molar-refractivity contribution in [3.05, 3.63) is 83.7 Å². The molecule has 0 aromatic heterocycles. The molecule has 168 valence electrons. The van der Waals surface area contributed by atoms with Gasteiger partial charge in [0.1, 0.15) is 5.82 Å². The Labute approximate surface area is 189 Å². The van der Waals surface area contributed by atoms with Gasteiger partial charge in [0.05, 0.1) is 5.39 Å². The van der Waals surface area contributed by atoms with Crippen molar-refractivity contribution in [1.82, 2.24) is 0 Å². The number of hydrogen-bond acceptors (Lipinski definition) is 0. The van der Waals surface area contributed by atoms with Gasteiger partial charge in [0.15, 0.2) is 11.6 Å². The van der Waals surface area contributed by atoms with E-state index in [-0.39, 0.29) is 10.9 Å². The maximum absolute atomic E-state index is 15.3. The standard InChI is InChI=1S/C29H31F3/c1-3-5-7-24-18-23-16-17-25(28(31)26(23)29(32)27(24)30)22-14-12-21(13-15-22)20-10-8-19(6-4-2)9-11-20/h3,12-20H,1,4-11H2,2H3. The molecule has 32 heavy (non-hydrogen) atoms. The summed E-state index contributed by atoms with van der Waals surface area (Å²) in [6, 6.07) is 12.8. The van der Waals surface area contributed by atoms with Gasteiger partial charge in [-0.15, -0.1) is 6.58 Å². The Kier molecular flexibility index (Phi) is 7.03. The molecule has 3 aromatic carbocycles. The van der Waals surface area contributed by atoms with Gasteiger partial charge in [0.2, 0.25) is 0 Å². The smallest absolute Gasteiger partial charge is 0.169 e. The highest BCUT2D eigenvalue weighted by atomic mass is 19.2. The number of fused-ring (bicyclic) bond motifs is 1. The van der Waals surface area contributed by atoms with Gasteiger partial charge in [0, 0.05) is 5.56 Å². The van der Waals surface area contributed by atoms with Crippen molar-refractivity contribution in [2.75, 3.05) is 0 Å². The van der Waals surface area contributed by atoms with Crippen LogP contribution in [-0.2, 0) is 6.42 Å². The number of aryl methyl sites for hydroxylation is 1. The Morgan fingerprint density at radius 3 is 2.28 bits per heavy atom. The molecular weight excluding hydrogens is 405 g/mol. The summed E-state index contributed by atoms with van der Waals surface area (Å²) in [5.74, 6) is -1.37. The van der Waals surface area contributed by atoms with Gasteiger partial charge in [-0.3, -0.25) is 0 Å². The number of allylic oxidation sites excluding steroid dienone is 1. The maximum atomic E-state index is 15.3. The van der Waals surface area contributed by atoms with E-state index >= 15 is 4.39 Å². The van der Waals surface area contributed by atoms with E-state index in [4.69, 9.17) is 0 Å².